The summed E-state index contributed by atoms with van der Waals surface area (Å²) in [7, 11) is 0. The monoisotopic (exact) mass is 183 g/mol. The summed E-state index contributed by atoms with van der Waals surface area (Å²) in [5, 5.41) is 12.8. The van der Waals surface area contributed by atoms with E-state index in [4.69, 9.17) is 0 Å². The largest absolute Gasteiger partial charge is 0.384 e. The third kappa shape index (κ3) is 2.54. The van der Waals surface area contributed by atoms with Crippen LogP contribution in [0.5, 0.6) is 0 Å². The van der Waals surface area contributed by atoms with Crippen molar-refractivity contribution in [2.45, 2.75) is 26.5 Å². The zero-order valence-corrected chi connectivity index (χ0v) is 8.20. The first-order valence-corrected chi connectivity index (χ1v) is 4.69. The lowest BCUT2D eigenvalue weighted by molar-refractivity contribution is 0.161. The Morgan fingerprint density at radius 2 is 2.38 bits per heavy atom. The first kappa shape index (κ1) is 10.2. The van der Waals surface area contributed by atoms with Gasteiger partial charge >= 0.3 is 0 Å². The van der Waals surface area contributed by atoms with E-state index in [-0.39, 0.29) is 0 Å². The van der Waals surface area contributed by atoms with Crippen molar-refractivity contribution in [1.82, 2.24) is 14.9 Å². The van der Waals surface area contributed by atoms with E-state index in [1.807, 2.05) is 24.6 Å². The number of likely N-dealkylation sites (N-methyl/N-ethyl adjacent to an activating group) is 1. The third-order valence-electron chi connectivity index (χ3n) is 1.97. The van der Waals surface area contributed by atoms with Crippen LogP contribution in [0.15, 0.2) is 12.4 Å². The second-order valence-electron chi connectivity index (χ2n) is 2.89. The van der Waals surface area contributed by atoms with E-state index in [2.05, 4.69) is 10.3 Å². The smallest absolute Gasteiger partial charge is 0.138 e. The highest BCUT2D eigenvalue weighted by Gasteiger charge is 2.11. The Morgan fingerprint density at radius 1 is 1.62 bits per heavy atom. The molecule has 0 aromatic carbocycles. The molecule has 0 aliphatic rings. The molecule has 1 rings (SSSR count). The van der Waals surface area contributed by atoms with Gasteiger partial charge in [0.15, 0.2) is 0 Å². The number of nitrogens with one attached hydrogen (secondary N) is 1. The van der Waals surface area contributed by atoms with Crippen molar-refractivity contribution in [2.75, 3.05) is 13.1 Å². The number of rotatable bonds is 5. The normalized spacial score (nSPS) is 13.2. The highest BCUT2D eigenvalue weighted by molar-refractivity contribution is 4.96. The number of aliphatic hydroxyl groups excluding tert-OH is 1. The SMILES string of the molecule is CCNCC(O)c1nccn1CC. The molecule has 1 heterocycles. The van der Waals surface area contributed by atoms with Crippen LogP contribution < -0.4 is 5.32 Å². The quantitative estimate of drug-likeness (QED) is 0.700. The molecular weight excluding hydrogens is 166 g/mol. The minimum Gasteiger partial charge on any atom is -0.384 e. The molecule has 13 heavy (non-hydrogen) atoms. The molecule has 0 amide bonds. The Hall–Kier alpha value is -0.870. The fraction of sp³-hybridized carbons (Fsp3) is 0.667. The lowest BCUT2D eigenvalue weighted by atomic mass is 10.3. The highest BCUT2D eigenvalue weighted by Crippen LogP contribution is 2.08. The van der Waals surface area contributed by atoms with E-state index in [9.17, 15) is 5.11 Å². The summed E-state index contributed by atoms with van der Waals surface area (Å²) in [5.41, 5.74) is 0. The van der Waals surface area contributed by atoms with Gasteiger partial charge in [-0.15, -0.1) is 0 Å². The van der Waals surface area contributed by atoms with Crippen molar-refractivity contribution < 1.29 is 5.11 Å². The number of hydrogen-bond donors (Lipinski definition) is 2. The number of aliphatic hydroxyl groups is 1. The summed E-state index contributed by atoms with van der Waals surface area (Å²) in [6, 6.07) is 0. The Balaban J connectivity index is 2.59. The molecule has 0 radical (unpaired) electrons. The van der Waals surface area contributed by atoms with Gasteiger partial charge in [-0.3, -0.25) is 0 Å². The lowest BCUT2D eigenvalue weighted by Gasteiger charge is -2.11. The van der Waals surface area contributed by atoms with Crippen LogP contribution in [0, 0.1) is 0 Å². The van der Waals surface area contributed by atoms with Crippen molar-refractivity contribution in [3.8, 4) is 0 Å². The van der Waals surface area contributed by atoms with E-state index >= 15 is 0 Å². The second kappa shape index (κ2) is 4.99. The van der Waals surface area contributed by atoms with Gasteiger partial charge in [0.1, 0.15) is 11.9 Å². The minimum atomic E-state index is -0.505. The van der Waals surface area contributed by atoms with Crippen LogP contribution in [0.25, 0.3) is 0 Å². The van der Waals surface area contributed by atoms with E-state index in [1.54, 1.807) is 6.20 Å². The molecule has 74 valence electrons. The van der Waals surface area contributed by atoms with E-state index in [0.717, 1.165) is 18.9 Å². The van der Waals surface area contributed by atoms with Gasteiger partial charge < -0.3 is 15.0 Å². The Kier molecular flexibility index (Phi) is 3.92. The maximum atomic E-state index is 9.71. The molecule has 0 aliphatic heterocycles. The zero-order chi connectivity index (χ0) is 9.68. The summed E-state index contributed by atoms with van der Waals surface area (Å²) < 4.78 is 1.95. The van der Waals surface area contributed by atoms with Gasteiger partial charge in [-0.05, 0) is 13.5 Å². The zero-order valence-electron chi connectivity index (χ0n) is 8.20. The summed E-state index contributed by atoms with van der Waals surface area (Å²) >= 11 is 0. The van der Waals surface area contributed by atoms with Crippen LogP contribution >= 0.6 is 0 Å². The third-order valence-corrected chi connectivity index (χ3v) is 1.97. The van der Waals surface area contributed by atoms with Gasteiger partial charge in [-0.1, -0.05) is 6.92 Å². The summed E-state index contributed by atoms with van der Waals surface area (Å²) in [4.78, 5) is 4.11. The second-order valence-corrected chi connectivity index (χ2v) is 2.89. The average molecular weight is 183 g/mol. The van der Waals surface area contributed by atoms with Crippen LogP contribution in [-0.2, 0) is 6.54 Å². The van der Waals surface area contributed by atoms with Gasteiger partial charge in [0.2, 0.25) is 0 Å². The first-order valence-electron chi connectivity index (χ1n) is 4.69. The molecule has 1 aromatic rings. The molecule has 1 aromatic heterocycles. The van der Waals surface area contributed by atoms with Crippen LogP contribution in [0.1, 0.15) is 25.8 Å². The molecule has 0 fully saturated rings. The van der Waals surface area contributed by atoms with Crippen molar-refractivity contribution in [3.63, 3.8) is 0 Å². The van der Waals surface area contributed by atoms with Crippen molar-refractivity contribution in [1.29, 1.82) is 0 Å². The number of aromatic nitrogens is 2. The molecule has 0 saturated heterocycles. The molecule has 0 saturated carbocycles. The first-order chi connectivity index (χ1) is 6.29. The number of imidazole rings is 1. The lowest BCUT2D eigenvalue weighted by Crippen LogP contribution is -2.23. The van der Waals surface area contributed by atoms with Crippen molar-refractivity contribution in [2.24, 2.45) is 0 Å². The summed E-state index contributed by atoms with van der Waals surface area (Å²) in [6.07, 6.45) is 3.09. The molecule has 2 N–H and O–H groups in total. The minimum absolute atomic E-state index is 0.505. The van der Waals surface area contributed by atoms with Crippen LogP contribution in [0.4, 0.5) is 0 Å². The number of aryl methyl sites for hydroxylation is 1. The van der Waals surface area contributed by atoms with Crippen molar-refractivity contribution in [3.05, 3.63) is 18.2 Å². The average Bonchev–Trinajstić information content (AvgIpc) is 2.61. The van der Waals surface area contributed by atoms with Gasteiger partial charge in [-0.2, -0.15) is 0 Å². The van der Waals surface area contributed by atoms with Crippen LogP contribution in [-0.4, -0.2) is 27.7 Å². The maximum absolute atomic E-state index is 9.71. The summed E-state index contributed by atoms with van der Waals surface area (Å²) in [6.45, 7) is 6.32. The number of hydrogen-bond acceptors (Lipinski definition) is 3. The predicted molar refractivity (Wildman–Crippen MR) is 51.4 cm³/mol. The standard InChI is InChI=1S/C9H17N3O/c1-3-10-7-8(13)9-11-5-6-12(9)4-2/h5-6,8,10,13H,3-4,7H2,1-2H3. The Bertz CT molecular complexity index is 247. The fourth-order valence-corrected chi connectivity index (χ4v) is 1.26. The highest BCUT2D eigenvalue weighted by atomic mass is 16.3. The van der Waals surface area contributed by atoms with E-state index in [0.29, 0.717) is 6.54 Å². The molecule has 1 unspecified atom stereocenters. The molecule has 4 heteroatoms. The van der Waals surface area contributed by atoms with Gasteiger partial charge in [0, 0.05) is 25.5 Å². The van der Waals surface area contributed by atoms with Gasteiger partial charge in [-0.25, -0.2) is 4.98 Å². The van der Waals surface area contributed by atoms with Crippen LogP contribution in [0.3, 0.4) is 0 Å². The molecule has 4 nitrogen and oxygen atoms in total. The van der Waals surface area contributed by atoms with E-state index in [1.165, 1.54) is 0 Å². The van der Waals surface area contributed by atoms with Crippen LogP contribution in [0.2, 0.25) is 0 Å². The Labute approximate surface area is 78.6 Å². The maximum Gasteiger partial charge on any atom is 0.138 e. The molecule has 1 atom stereocenters. The number of nitrogens with zero attached hydrogens (tertiary/aromatic N) is 2. The fourth-order valence-electron chi connectivity index (χ4n) is 1.26. The Morgan fingerprint density at radius 3 is 3.00 bits per heavy atom. The molecular formula is C9H17N3O. The molecule has 0 spiro atoms. The molecule has 0 aliphatic carbocycles. The van der Waals surface area contributed by atoms with Gasteiger partial charge in [0.25, 0.3) is 0 Å². The summed E-state index contributed by atoms with van der Waals surface area (Å²) in [5.74, 6) is 0.739. The molecule has 0 bridgehead atoms. The predicted octanol–water partition coefficient (Wildman–Crippen LogP) is 0.546. The van der Waals surface area contributed by atoms with Crippen molar-refractivity contribution >= 4 is 0 Å². The van der Waals surface area contributed by atoms with Gasteiger partial charge in [0.05, 0.1) is 0 Å². The topological polar surface area (TPSA) is 50.1 Å². The van der Waals surface area contributed by atoms with E-state index < -0.39 is 6.10 Å².